The highest BCUT2D eigenvalue weighted by atomic mass is 32.2. The molecule has 1 N–H and O–H groups in total. The molecule has 0 saturated carbocycles. The van der Waals surface area contributed by atoms with Crippen LogP contribution in [0.4, 0.5) is 9.52 Å². The smallest absolute Gasteiger partial charge is 0.246 e. The molecule has 3 aromatic rings. The van der Waals surface area contributed by atoms with Crippen LogP contribution >= 0.6 is 11.3 Å². The first kappa shape index (κ1) is 23.3. The van der Waals surface area contributed by atoms with Crippen molar-refractivity contribution in [1.29, 1.82) is 0 Å². The van der Waals surface area contributed by atoms with Crippen LogP contribution in [0.15, 0.2) is 58.8 Å². The molecule has 0 radical (unpaired) electrons. The summed E-state index contributed by atoms with van der Waals surface area (Å²) in [5.74, 6) is -0.239. The van der Waals surface area contributed by atoms with Crippen molar-refractivity contribution in [2.75, 3.05) is 45.2 Å². The van der Waals surface area contributed by atoms with E-state index >= 15 is 0 Å². The van der Waals surface area contributed by atoms with Gasteiger partial charge in [0.05, 0.1) is 19.3 Å². The van der Waals surface area contributed by atoms with Crippen molar-refractivity contribution >= 4 is 32.4 Å². The van der Waals surface area contributed by atoms with Crippen LogP contribution in [-0.4, -0.2) is 68.3 Å². The Morgan fingerprint density at radius 2 is 1.82 bits per heavy atom. The summed E-state index contributed by atoms with van der Waals surface area (Å²) in [6.45, 7) is 1.23. The fourth-order valence-corrected chi connectivity index (χ4v) is 5.73. The third-order valence-corrected chi connectivity index (χ3v) is 7.98. The molecular weight excluding hydrogens is 467 g/mol. The van der Waals surface area contributed by atoms with Crippen LogP contribution < -0.4 is 10.1 Å². The number of nitrogens with one attached hydrogen (secondary N) is 1. The van der Waals surface area contributed by atoms with Gasteiger partial charge in [-0.25, -0.2) is 17.8 Å². The van der Waals surface area contributed by atoms with E-state index in [1.54, 1.807) is 7.11 Å². The monoisotopic (exact) mass is 490 g/mol. The molecule has 1 saturated heterocycles. The third kappa shape index (κ3) is 5.38. The van der Waals surface area contributed by atoms with E-state index in [0.29, 0.717) is 18.2 Å². The van der Waals surface area contributed by atoms with Gasteiger partial charge in [-0.1, -0.05) is 12.1 Å². The van der Waals surface area contributed by atoms with Crippen molar-refractivity contribution in [3.8, 4) is 17.0 Å². The minimum atomic E-state index is -3.91. The SMILES string of the molecule is COc1ccc(-c2csc(NC(=O)CN3CCN(S(=O)(=O)c4ccccc4F)CC3)n2)cc1. The van der Waals surface area contributed by atoms with E-state index in [2.05, 4.69) is 10.3 Å². The normalized spacial score (nSPS) is 15.3. The molecule has 33 heavy (non-hydrogen) atoms. The van der Waals surface area contributed by atoms with Crippen LogP contribution in [0.5, 0.6) is 5.75 Å². The molecule has 4 rings (SSSR count). The molecule has 0 atom stereocenters. The van der Waals surface area contributed by atoms with Gasteiger partial charge in [0.1, 0.15) is 16.5 Å². The number of sulfonamides is 1. The summed E-state index contributed by atoms with van der Waals surface area (Å²) >= 11 is 1.33. The fourth-order valence-electron chi connectivity index (χ4n) is 3.51. The van der Waals surface area contributed by atoms with Crippen molar-refractivity contribution in [2.24, 2.45) is 0 Å². The van der Waals surface area contributed by atoms with E-state index in [1.165, 1.54) is 33.8 Å². The van der Waals surface area contributed by atoms with Crippen molar-refractivity contribution in [3.05, 3.63) is 59.7 Å². The zero-order valence-electron chi connectivity index (χ0n) is 17.9. The molecule has 11 heteroatoms. The zero-order chi connectivity index (χ0) is 23.4. The standard InChI is InChI=1S/C22H23FN4O4S2/c1-31-17-8-6-16(7-9-17)19-15-32-22(24-19)25-21(28)14-26-10-12-27(13-11-26)33(29,30)20-5-3-2-4-18(20)23/h2-9,15H,10-14H2,1H3,(H,24,25,28). The molecular formula is C22H23FN4O4S2. The van der Waals surface area contributed by atoms with Crippen LogP contribution in [0, 0.1) is 5.82 Å². The Hall–Kier alpha value is -2.86. The predicted molar refractivity (Wildman–Crippen MR) is 124 cm³/mol. The van der Waals surface area contributed by atoms with Crippen LogP contribution in [0.1, 0.15) is 0 Å². The fraction of sp³-hybridized carbons (Fsp3) is 0.273. The lowest BCUT2D eigenvalue weighted by molar-refractivity contribution is -0.117. The number of aromatic nitrogens is 1. The van der Waals surface area contributed by atoms with Gasteiger partial charge in [0.2, 0.25) is 15.9 Å². The number of amides is 1. The molecule has 1 amide bonds. The molecule has 1 aliphatic rings. The van der Waals surface area contributed by atoms with Crippen molar-refractivity contribution in [2.45, 2.75) is 4.90 Å². The van der Waals surface area contributed by atoms with Gasteiger partial charge in [-0.15, -0.1) is 11.3 Å². The van der Waals surface area contributed by atoms with Crippen LogP contribution in [0.2, 0.25) is 0 Å². The first-order valence-electron chi connectivity index (χ1n) is 10.2. The van der Waals surface area contributed by atoms with Crippen LogP contribution in [0.25, 0.3) is 11.3 Å². The largest absolute Gasteiger partial charge is 0.497 e. The van der Waals surface area contributed by atoms with E-state index in [0.717, 1.165) is 23.1 Å². The molecule has 1 aliphatic heterocycles. The maximum Gasteiger partial charge on any atom is 0.246 e. The van der Waals surface area contributed by atoms with Gasteiger partial charge >= 0.3 is 0 Å². The number of thiazole rings is 1. The average Bonchev–Trinajstić information content (AvgIpc) is 3.28. The second-order valence-corrected chi connectivity index (χ2v) is 10.2. The van der Waals surface area contributed by atoms with Gasteiger partial charge in [-0.2, -0.15) is 4.31 Å². The summed E-state index contributed by atoms with van der Waals surface area (Å²) in [5, 5.41) is 5.15. The number of nitrogens with zero attached hydrogens (tertiary/aromatic N) is 3. The van der Waals surface area contributed by atoms with E-state index in [1.807, 2.05) is 34.5 Å². The van der Waals surface area contributed by atoms with E-state index in [9.17, 15) is 17.6 Å². The Kier molecular flexibility index (Phi) is 7.03. The molecule has 0 unspecified atom stereocenters. The zero-order valence-corrected chi connectivity index (χ0v) is 19.5. The first-order chi connectivity index (χ1) is 15.9. The minimum absolute atomic E-state index is 0.116. The lowest BCUT2D eigenvalue weighted by Crippen LogP contribution is -2.50. The highest BCUT2D eigenvalue weighted by molar-refractivity contribution is 7.89. The lowest BCUT2D eigenvalue weighted by Gasteiger charge is -2.33. The third-order valence-electron chi connectivity index (χ3n) is 5.29. The van der Waals surface area contributed by atoms with Crippen molar-refractivity contribution < 1.29 is 22.3 Å². The average molecular weight is 491 g/mol. The van der Waals surface area contributed by atoms with Crippen LogP contribution in [-0.2, 0) is 14.8 Å². The Labute approximate surface area is 195 Å². The van der Waals surface area contributed by atoms with E-state index < -0.39 is 15.8 Å². The molecule has 0 bridgehead atoms. The van der Waals surface area contributed by atoms with Gasteiger partial charge < -0.3 is 10.1 Å². The second kappa shape index (κ2) is 9.96. The van der Waals surface area contributed by atoms with Crippen molar-refractivity contribution in [3.63, 3.8) is 0 Å². The number of carbonyl (C=O) groups is 1. The van der Waals surface area contributed by atoms with E-state index in [-0.39, 0.29) is 30.4 Å². The Morgan fingerprint density at radius 1 is 1.12 bits per heavy atom. The number of methoxy groups -OCH3 is 1. The predicted octanol–water partition coefficient (Wildman–Crippen LogP) is 2.90. The number of halogens is 1. The maximum absolute atomic E-state index is 14.0. The lowest BCUT2D eigenvalue weighted by atomic mass is 10.2. The number of carbonyl (C=O) groups excluding carboxylic acids is 1. The highest BCUT2D eigenvalue weighted by Gasteiger charge is 2.30. The molecule has 2 aromatic carbocycles. The number of benzene rings is 2. The minimum Gasteiger partial charge on any atom is -0.497 e. The number of piperazine rings is 1. The van der Waals surface area contributed by atoms with Gasteiger partial charge in [-0.05, 0) is 36.4 Å². The van der Waals surface area contributed by atoms with Gasteiger partial charge in [0.15, 0.2) is 5.13 Å². The topological polar surface area (TPSA) is 91.8 Å². The quantitative estimate of drug-likeness (QED) is 0.548. The first-order valence-corrected chi connectivity index (χ1v) is 12.6. The van der Waals surface area contributed by atoms with Crippen LogP contribution in [0.3, 0.4) is 0 Å². The molecule has 8 nitrogen and oxygen atoms in total. The molecule has 0 spiro atoms. The number of hydrogen-bond acceptors (Lipinski definition) is 7. The molecule has 174 valence electrons. The summed E-state index contributed by atoms with van der Waals surface area (Å²) in [6.07, 6.45) is 0. The van der Waals surface area contributed by atoms with Gasteiger partial charge in [0, 0.05) is 37.1 Å². The van der Waals surface area contributed by atoms with Gasteiger partial charge in [-0.3, -0.25) is 9.69 Å². The highest BCUT2D eigenvalue weighted by Crippen LogP contribution is 2.26. The second-order valence-electron chi connectivity index (χ2n) is 7.43. The summed E-state index contributed by atoms with van der Waals surface area (Å²) in [5.41, 5.74) is 1.67. The Balaban J connectivity index is 1.30. The van der Waals surface area contributed by atoms with Crippen molar-refractivity contribution in [1.82, 2.24) is 14.2 Å². The summed E-state index contributed by atoms with van der Waals surface area (Å²) < 4.78 is 45.8. The summed E-state index contributed by atoms with van der Waals surface area (Å²) in [7, 11) is -2.30. The molecule has 1 fully saturated rings. The Bertz CT molecular complexity index is 1220. The molecule has 2 heterocycles. The molecule has 1 aromatic heterocycles. The number of ether oxygens (including phenoxy) is 1. The number of hydrogen-bond donors (Lipinski definition) is 1. The Morgan fingerprint density at radius 3 is 2.48 bits per heavy atom. The van der Waals surface area contributed by atoms with Gasteiger partial charge in [0.25, 0.3) is 0 Å². The number of rotatable bonds is 7. The molecule has 0 aliphatic carbocycles. The van der Waals surface area contributed by atoms with E-state index in [4.69, 9.17) is 4.74 Å². The maximum atomic E-state index is 14.0. The number of anilines is 1. The summed E-state index contributed by atoms with van der Waals surface area (Å²) in [4.78, 5) is 18.5. The summed E-state index contributed by atoms with van der Waals surface area (Å²) in [6, 6.07) is 12.8.